The van der Waals surface area contributed by atoms with Crippen LogP contribution >= 0.6 is 0 Å². The number of hydrogen-bond donors (Lipinski definition) is 1. The molecule has 0 saturated carbocycles. The van der Waals surface area contributed by atoms with Gasteiger partial charge in [0.25, 0.3) is 0 Å². The van der Waals surface area contributed by atoms with Crippen molar-refractivity contribution < 1.29 is 0 Å². The minimum absolute atomic E-state index is 0.166. The maximum absolute atomic E-state index is 6.25. The van der Waals surface area contributed by atoms with Crippen molar-refractivity contribution in [2.24, 2.45) is 5.73 Å². The van der Waals surface area contributed by atoms with Crippen LogP contribution in [0.3, 0.4) is 0 Å². The van der Waals surface area contributed by atoms with E-state index in [0.717, 1.165) is 32.5 Å². The summed E-state index contributed by atoms with van der Waals surface area (Å²) in [6.45, 7) is 7.89. The van der Waals surface area contributed by atoms with Crippen LogP contribution in [0.2, 0.25) is 0 Å². The van der Waals surface area contributed by atoms with E-state index in [1.165, 1.54) is 5.56 Å². The van der Waals surface area contributed by atoms with Gasteiger partial charge in [-0.2, -0.15) is 0 Å². The molecule has 3 heteroatoms. The maximum atomic E-state index is 6.25. The van der Waals surface area contributed by atoms with Gasteiger partial charge in [-0.1, -0.05) is 37.3 Å². The van der Waals surface area contributed by atoms with Crippen LogP contribution in [0.1, 0.15) is 38.3 Å². The fraction of sp³-hybridized carbons (Fsp3) is 0.647. The van der Waals surface area contributed by atoms with Crippen LogP contribution in [-0.2, 0) is 0 Å². The zero-order chi connectivity index (χ0) is 15.0. The molecule has 0 aliphatic heterocycles. The molecule has 0 aliphatic rings. The lowest BCUT2D eigenvalue weighted by molar-refractivity contribution is 0.177. The fourth-order valence-corrected chi connectivity index (χ4v) is 2.72. The Labute approximate surface area is 124 Å². The van der Waals surface area contributed by atoms with Crippen molar-refractivity contribution in [3.05, 3.63) is 35.9 Å². The average Bonchev–Trinajstić information content (AvgIpc) is 2.43. The highest BCUT2D eigenvalue weighted by Crippen LogP contribution is 2.15. The summed E-state index contributed by atoms with van der Waals surface area (Å²) < 4.78 is 0. The van der Waals surface area contributed by atoms with Gasteiger partial charge in [-0.15, -0.1) is 0 Å². The molecule has 0 radical (unpaired) electrons. The maximum Gasteiger partial charge on any atom is 0.0295 e. The third-order valence-corrected chi connectivity index (χ3v) is 3.85. The Kier molecular flexibility index (Phi) is 7.82. The zero-order valence-corrected chi connectivity index (χ0v) is 13.5. The highest BCUT2D eigenvalue weighted by molar-refractivity contribution is 5.18. The molecule has 0 amide bonds. The molecule has 0 spiro atoms. The average molecular weight is 277 g/mol. The van der Waals surface area contributed by atoms with E-state index in [4.69, 9.17) is 5.73 Å². The number of benzene rings is 1. The summed E-state index contributed by atoms with van der Waals surface area (Å²) in [5.74, 6) is 0. The second-order valence-corrected chi connectivity index (χ2v) is 5.90. The summed E-state index contributed by atoms with van der Waals surface area (Å²) in [4.78, 5) is 4.79. The molecule has 1 aromatic rings. The lowest BCUT2D eigenvalue weighted by Gasteiger charge is -2.30. The van der Waals surface area contributed by atoms with E-state index < -0.39 is 0 Å². The Morgan fingerprint density at radius 2 is 1.80 bits per heavy atom. The first-order valence-electron chi connectivity index (χ1n) is 7.73. The third-order valence-electron chi connectivity index (χ3n) is 3.85. The largest absolute Gasteiger partial charge is 0.324 e. The van der Waals surface area contributed by atoms with Crippen molar-refractivity contribution in [3.63, 3.8) is 0 Å². The summed E-state index contributed by atoms with van der Waals surface area (Å²) in [6.07, 6.45) is 2.21. The Balaban J connectivity index is 2.34. The second-order valence-electron chi connectivity index (χ2n) is 5.90. The van der Waals surface area contributed by atoms with Gasteiger partial charge in [-0.05, 0) is 52.5 Å². The molecule has 1 rings (SSSR count). The molecule has 0 aliphatic carbocycles. The molecule has 20 heavy (non-hydrogen) atoms. The van der Waals surface area contributed by atoms with Crippen LogP contribution in [0.25, 0.3) is 0 Å². The van der Waals surface area contributed by atoms with Crippen LogP contribution in [0, 0.1) is 0 Å². The Morgan fingerprint density at radius 3 is 2.35 bits per heavy atom. The van der Waals surface area contributed by atoms with Gasteiger partial charge in [0.1, 0.15) is 0 Å². The number of hydrogen-bond acceptors (Lipinski definition) is 3. The van der Waals surface area contributed by atoms with Crippen molar-refractivity contribution in [2.45, 2.75) is 38.8 Å². The summed E-state index contributed by atoms with van der Waals surface area (Å²) in [7, 11) is 4.27. The quantitative estimate of drug-likeness (QED) is 0.753. The first-order valence-corrected chi connectivity index (χ1v) is 7.73. The van der Waals surface area contributed by atoms with Crippen LogP contribution < -0.4 is 5.73 Å². The summed E-state index contributed by atoms with van der Waals surface area (Å²) in [5.41, 5.74) is 7.50. The minimum Gasteiger partial charge on any atom is -0.324 e. The van der Waals surface area contributed by atoms with Gasteiger partial charge in [0.15, 0.2) is 0 Å². The zero-order valence-electron chi connectivity index (χ0n) is 13.5. The van der Waals surface area contributed by atoms with E-state index in [1.807, 2.05) is 6.07 Å². The molecule has 114 valence electrons. The lowest BCUT2D eigenvalue weighted by atomic mass is 10.0. The molecule has 1 aromatic carbocycles. The Hall–Kier alpha value is -0.900. The predicted octanol–water partition coefficient (Wildman–Crippen LogP) is 2.74. The molecular weight excluding hydrogens is 246 g/mol. The van der Waals surface area contributed by atoms with Crippen LogP contribution in [0.5, 0.6) is 0 Å². The number of nitrogens with zero attached hydrogens (tertiary/aromatic N) is 2. The van der Waals surface area contributed by atoms with Gasteiger partial charge in [-0.3, -0.25) is 4.90 Å². The van der Waals surface area contributed by atoms with Gasteiger partial charge in [0, 0.05) is 18.6 Å². The van der Waals surface area contributed by atoms with Crippen molar-refractivity contribution in [1.29, 1.82) is 0 Å². The lowest BCUT2D eigenvalue weighted by Crippen LogP contribution is -2.40. The van der Waals surface area contributed by atoms with Gasteiger partial charge >= 0.3 is 0 Å². The standard InChI is InChI=1S/C17H31N3/c1-5-20(15(2)14-19(3)4)13-9-12-17(18)16-10-7-6-8-11-16/h6-8,10-11,15,17H,5,9,12-14,18H2,1-4H3. The molecule has 0 bridgehead atoms. The van der Waals surface area contributed by atoms with E-state index in [1.54, 1.807) is 0 Å². The molecular formula is C17H31N3. The van der Waals surface area contributed by atoms with E-state index in [-0.39, 0.29) is 6.04 Å². The Bertz CT molecular complexity index is 351. The molecule has 0 heterocycles. The fourth-order valence-electron chi connectivity index (χ4n) is 2.72. The van der Waals surface area contributed by atoms with E-state index in [0.29, 0.717) is 6.04 Å². The molecule has 3 nitrogen and oxygen atoms in total. The molecule has 0 saturated heterocycles. The highest BCUT2D eigenvalue weighted by atomic mass is 15.2. The molecule has 0 fully saturated rings. The van der Waals surface area contributed by atoms with E-state index in [2.05, 4.69) is 62.0 Å². The van der Waals surface area contributed by atoms with Gasteiger partial charge in [-0.25, -0.2) is 0 Å². The van der Waals surface area contributed by atoms with Crippen LogP contribution in [-0.4, -0.2) is 49.6 Å². The smallest absolute Gasteiger partial charge is 0.0295 e. The number of likely N-dealkylation sites (N-methyl/N-ethyl adjacent to an activating group) is 2. The summed E-state index contributed by atoms with van der Waals surface area (Å²) >= 11 is 0. The highest BCUT2D eigenvalue weighted by Gasteiger charge is 2.13. The van der Waals surface area contributed by atoms with Crippen molar-refractivity contribution in [2.75, 3.05) is 33.7 Å². The first kappa shape index (κ1) is 17.2. The summed E-state index contributed by atoms with van der Waals surface area (Å²) in [5, 5.41) is 0. The third kappa shape index (κ3) is 6.04. The minimum atomic E-state index is 0.166. The van der Waals surface area contributed by atoms with Crippen molar-refractivity contribution in [3.8, 4) is 0 Å². The van der Waals surface area contributed by atoms with Crippen molar-refractivity contribution >= 4 is 0 Å². The normalized spacial score (nSPS) is 14.8. The molecule has 2 atom stereocenters. The van der Waals surface area contributed by atoms with Gasteiger partial charge < -0.3 is 10.6 Å². The second kappa shape index (κ2) is 9.11. The van der Waals surface area contributed by atoms with Gasteiger partial charge in [0.05, 0.1) is 0 Å². The van der Waals surface area contributed by atoms with Crippen LogP contribution in [0.15, 0.2) is 30.3 Å². The SMILES string of the molecule is CCN(CCCC(N)c1ccccc1)C(C)CN(C)C. The van der Waals surface area contributed by atoms with Crippen LogP contribution in [0.4, 0.5) is 0 Å². The summed E-state index contributed by atoms with van der Waals surface area (Å²) in [6, 6.07) is 11.2. The first-order chi connectivity index (χ1) is 9.54. The predicted molar refractivity (Wildman–Crippen MR) is 87.9 cm³/mol. The van der Waals surface area contributed by atoms with Gasteiger partial charge in [0.2, 0.25) is 0 Å². The number of nitrogens with two attached hydrogens (primary N) is 1. The Morgan fingerprint density at radius 1 is 1.15 bits per heavy atom. The number of rotatable bonds is 9. The van der Waals surface area contributed by atoms with E-state index in [9.17, 15) is 0 Å². The monoisotopic (exact) mass is 277 g/mol. The molecule has 0 aromatic heterocycles. The molecule has 2 unspecified atom stereocenters. The molecule has 2 N–H and O–H groups in total. The van der Waals surface area contributed by atoms with Crippen molar-refractivity contribution in [1.82, 2.24) is 9.80 Å². The van der Waals surface area contributed by atoms with E-state index >= 15 is 0 Å². The topological polar surface area (TPSA) is 32.5 Å².